The Bertz CT molecular complexity index is 481. The minimum Gasteiger partial charge on any atom is -0.478 e. The Balaban J connectivity index is 2.69. The number of fused-ring (bicyclic) bond motifs is 1. The zero-order valence-electron chi connectivity index (χ0n) is 8.43. The third-order valence-corrected chi connectivity index (χ3v) is 2.90. The van der Waals surface area contributed by atoms with Gasteiger partial charge in [-0.1, -0.05) is 6.07 Å². The van der Waals surface area contributed by atoms with Crippen LogP contribution in [-0.4, -0.2) is 22.2 Å². The second kappa shape index (κ2) is 3.61. The van der Waals surface area contributed by atoms with Crippen molar-refractivity contribution in [1.82, 2.24) is 0 Å². The van der Waals surface area contributed by atoms with E-state index in [0.717, 1.165) is 5.56 Å². The van der Waals surface area contributed by atoms with Crippen LogP contribution in [0.2, 0.25) is 0 Å². The molecule has 0 heterocycles. The largest absolute Gasteiger partial charge is 0.478 e. The van der Waals surface area contributed by atoms with Crippen LogP contribution in [-0.2, 0) is 6.42 Å². The highest BCUT2D eigenvalue weighted by Crippen LogP contribution is 2.33. The summed E-state index contributed by atoms with van der Waals surface area (Å²) in [5.41, 5.74) is 6.84. The molecule has 1 aliphatic carbocycles. The number of hydrogen-bond acceptors (Lipinski definition) is 3. The first-order chi connectivity index (χ1) is 7.52. The van der Waals surface area contributed by atoms with Gasteiger partial charge in [0.15, 0.2) is 0 Å². The molecule has 0 aromatic heterocycles. The zero-order chi connectivity index (χ0) is 11.9. The van der Waals surface area contributed by atoms with Crippen molar-refractivity contribution in [2.24, 2.45) is 5.73 Å². The Morgan fingerprint density at radius 3 is 2.50 bits per heavy atom. The molecule has 0 spiro atoms. The maximum absolute atomic E-state index is 11.1. The van der Waals surface area contributed by atoms with E-state index in [9.17, 15) is 9.59 Å². The van der Waals surface area contributed by atoms with E-state index >= 15 is 0 Å². The first-order valence-electron chi connectivity index (χ1n) is 4.90. The van der Waals surface area contributed by atoms with Gasteiger partial charge in [0.05, 0.1) is 11.1 Å². The third-order valence-electron chi connectivity index (χ3n) is 2.90. The molecule has 0 saturated heterocycles. The maximum Gasteiger partial charge on any atom is 0.336 e. The van der Waals surface area contributed by atoms with Crippen molar-refractivity contribution in [3.05, 3.63) is 34.4 Å². The highest BCUT2D eigenvalue weighted by Gasteiger charge is 2.28. The van der Waals surface area contributed by atoms with E-state index < -0.39 is 11.9 Å². The molecule has 0 saturated carbocycles. The average Bonchev–Trinajstić information content (AvgIpc) is 2.58. The minimum atomic E-state index is -1.22. The highest BCUT2D eigenvalue weighted by molar-refractivity contribution is 6.03. The fourth-order valence-corrected chi connectivity index (χ4v) is 2.16. The molecule has 1 atom stereocenters. The van der Waals surface area contributed by atoms with Crippen LogP contribution in [0.25, 0.3) is 0 Å². The van der Waals surface area contributed by atoms with E-state index in [1.54, 1.807) is 6.07 Å². The Morgan fingerprint density at radius 2 is 1.94 bits per heavy atom. The van der Waals surface area contributed by atoms with Gasteiger partial charge < -0.3 is 15.9 Å². The van der Waals surface area contributed by atoms with Crippen LogP contribution in [0.1, 0.15) is 44.3 Å². The molecule has 4 N–H and O–H groups in total. The van der Waals surface area contributed by atoms with Crippen LogP contribution >= 0.6 is 0 Å². The highest BCUT2D eigenvalue weighted by atomic mass is 16.4. The Hall–Kier alpha value is -1.88. The molecule has 16 heavy (non-hydrogen) atoms. The maximum atomic E-state index is 11.1. The molecular formula is C11H11NO4. The van der Waals surface area contributed by atoms with Gasteiger partial charge in [-0.2, -0.15) is 0 Å². The van der Waals surface area contributed by atoms with E-state index in [2.05, 4.69) is 0 Å². The van der Waals surface area contributed by atoms with Crippen LogP contribution in [0.15, 0.2) is 12.1 Å². The molecule has 84 valence electrons. The van der Waals surface area contributed by atoms with E-state index in [1.807, 2.05) is 0 Å². The number of aromatic carboxylic acids is 2. The van der Waals surface area contributed by atoms with Gasteiger partial charge in [-0.05, 0) is 30.0 Å². The molecule has 5 nitrogen and oxygen atoms in total. The van der Waals surface area contributed by atoms with E-state index in [4.69, 9.17) is 15.9 Å². The molecule has 1 aromatic carbocycles. The van der Waals surface area contributed by atoms with E-state index in [0.29, 0.717) is 18.4 Å². The predicted octanol–water partition coefficient (Wildman–Crippen LogP) is 1.03. The van der Waals surface area contributed by atoms with Gasteiger partial charge in [0.1, 0.15) is 0 Å². The number of carboxylic acids is 2. The van der Waals surface area contributed by atoms with Crippen molar-refractivity contribution in [2.75, 3.05) is 0 Å². The summed E-state index contributed by atoms with van der Waals surface area (Å²) in [7, 11) is 0. The molecule has 5 heteroatoms. The smallest absolute Gasteiger partial charge is 0.336 e. The van der Waals surface area contributed by atoms with Crippen molar-refractivity contribution in [3.63, 3.8) is 0 Å². The molecule has 1 unspecified atom stereocenters. The Labute approximate surface area is 91.5 Å². The molecule has 0 aliphatic heterocycles. The monoisotopic (exact) mass is 221 g/mol. The minimum absolute atomic E-state index is 0.113. The predicted molar refractivity (Wildman–Crippen MR) is 55.6 cm³/mol. The number of rotatable bonds is 2. The fourth-order valence-electron chi connectivity index (χ4n) is 2.16. The summed E-state index contributed by atoms with van der Waals surface area (Å²) in [4.78, 5) is 22.0. The Kier molecular flexibility index (Phi) is 2.40. The van der Waals surface area contributed by atoms with Crippen LogP contribution in [0, 0.1) is 0 Å². The molecule has 0 radical (unpaired) electrons. The average molecular weight is 221 g/mol. The van der Waals surface area contributed by atoms with Crippen LogP contribution in [0.5, 0.6) is 0 Å². The van der Waals surface area contributed by atoms with E-state index in [1.165, 1.54) is 6.07 Å². The molecule has 0 bridgehead atoms. The lowest BCUT2D eigenvalue weighted by Crippen LogP contribution is -2.12. The number of benzene rings is 1. The first-order valence-corrected chi connectivity index (χ1v) is 4.90. The lowest BCUT2D eigenvalue weighted by Gasteiger charge is -2.09. The van der Waals surface area contributed by atoms with Crippen LogP contribution < -0.4 is 5.73 Å². The number of carbonyl (C=O) groups is 2. The van der Waals surface area contributed by atoms with Gasteiger partial charge >= 0.3 is 11.9 Å². The second-order valence-corrected chi connectivity index (χ2v) is 3.81. The van der Waals surface area contributed by atoms with Crippen molar-refractivity contribution in [1.29, 1.82) is 0 Å². The molecule has 1 aliphatic rings. The van der Waals surface area contributed by atoms with Gasteiger partial charge in [0.2, 0.25) is 0 Å². The summed E-state index contributed by atoms with van der Waals surface area (Å²) in [5.74, 6) is -2.43. The quantitative estimate of drug-likeness (QED) is 0.692. The van der Waals surface area contributed by atoms with Gasteiger partial charge in [0, 0.05) is 6.04 Å². The van der Waals surface area contributed by atoms with Gasteiger partial charge in [-0.3, -0.25) is 0 Å². The number of carboxylic acid groups (broad SMARTS) is 2. The summed E-state index contributed by atoms with van der Waals surface area (Å²) < 4.78 is 0. The van der Waals surface area contributed by atoms with Crippen LogP contribution in [0.4, 0.5) is 0 Å². The summed E-state index contributed by atoms with van der Waals surface area (Å²) >= 11 is 0. The van der Waals surface area contributed by atoms with Crippen LogP contribution in [0.3, 0.4) is 0 Å². The second-order valence-electron chi connectivity index (χ2n) is 3.81. The summed E-state index contributed by atoms with van der Waals surface area (Å²) in [6.07, 6.45) is 1.19. The van der Waals surface area contributed by atoms with Crippen molar-refractivity contribution >= 4 is 11.9 Å². The topological polar surface area (TPSA) is 101 Å². The van der Waals surface area contributed by atoms with Gasteiger partial charge in [0.25, 0.3) is 0 Å². The molecule has 0 amide bonds. The SMILES string of the molecule is NC1CCc2c1ccc(C(=O)O)c2C(=O)O. The molecular weight excluding hydrogens is 210 g/mol. The fraction of sp³-hybridized carbons (Fsp3) is 0.273. The lowest BCUT2D eigenvalue weighted by molar-refractivity contribution is 0.0650. The first kappa shape index (κ1) is 10.6. The van der Waals surface area contributed by atoms with Gasteiger partial charge in [-0.25, -0.2) is 9.59 Å². The summed E-state index contributed by atoms with van der Waals surface area (Å²) in [5, 5.41) is 18.0. The van der Waals surface area contributed by atoms with E-state index in [-0.39, 0.29) is 17.2 Å². The third kappa shape index (κ3) is 1.45. The van der Waals surface area contributed by atoms with Gasteiger partial charge in [-0.15, -0.1) is 0 Å². The standard InChI is InChI=1S/C11H11NO4/c12-8-4-3-6-5(8)1-2-7(10(13)14)9(6)11(15)16/h1-2,8H,3-4,12H2,(H,13,14)(H,15,16). The van der Waals surface area contributed by atoms with Crippen molar-refractivity contribution < 1.29 is 19.8 Å². The van der Waals surface area contributed by atoms with Crippen molar-refractivity contribution in [2.45, 2.75) is 18.9 Å². The molecule has 1 aromatic rings. The molecule has 0 fully saturated rings. The van der Waals surface area contributed by atoms with Crippen molar-refractivity contribution in [3.8, 4) is 0 Å². The lowest BCUT2D eigenvalue weighted by atomic mass is 9.97. The molecule has 2 rings (SSSR count). The normalized spacial score (nSPS) is 18.2. The Morgan fingerprint density at radius 1 is 1.25 bits per heavy atom. The number of hydrogen-bond donors (Lipinski definition) is 3. The summed E-state index contributed by atoms with van der Waals surface area (Å²) in [6, 6.07) is 2.74. The number of nitrogens with two attached hydrogens (primary N) is 1. The summed E-state index contributed by atoms with van der Waals surface area (Å²) in [6.45, 7) is 0. The zero-order valence-corrected chi connectivity index (χ0v) is 8.43.